The lowest BCUT2D eigenvalue weighted by atomic mass is 9.98. The van der Waals surface area contributed by atoms with Gasteiger partial charge in [0.2, 0.25) is 5.91 Å². The summed E-state index contributed by atoms with van der Waals surface area (Å²) in [6.07, 6.45) is 1.96. The highest BCUT2D eigenvalue weighted by molar-refractivity contribution is 5.85. The second-order valence-corrected chi connectivity index (χ2v) is 5.74. The average molecular weight is 333 g/mol. The van der Waals surface area contributed by atoms with E-state index < -0.39 is 0 Å². The molecule has 0 radical (unpaired) electrons. The SMILES string of the molecule is CC(N)CCC(=O)NC(Cc1ccccc1)c1ccccc1.Cl. The molecule has 0 aliphatic carbocycles. The first-order valence-corrected chi connectivity index (χ1v) is 7.79. The molecule has 0 aliphatic rings. The van der Waals surface area contributed by atoms with Crippen LogP contribution in [-0.4, -0.2) is 11.9 Å². The van der Waals surface area contributed by atoms with Crippen molar-refractivity contribution in [3.63, 3.8) is 0 Å². The van der Waals surface area contributed by atoms with Crippen LogP contribution in [0.2, 0.25) is 0 Å². The smallest absolute Gasteiger partial charge is 0.220 e. The molecule has 0 heterocycles. The Balaban J connectivity index is 0.00000264. The topological polar surface area (TPSA) is 55.1 Å². The van der Waals surface area contributed by atoms with E-state index in [0.717, 1.165) is 12.0 Å². The van der Waals surface area contributed by atoms with E-state index in [-0.39, 0.29) is 30.4 Å². The van der Waals surface area contributed by atoms with Gasteiger partial charge in [0.1, 0.15) is 0 Å². The molecule has 0 bridgehead atoms. The Hall–Kier alpha value is -1.84. The Morgan fingerprint density at radius 1 is 1.04 bits per heavy atom. The van der Waals surface area contributed by atoms with Gasteiger partial charge >= 0.3 is 0 Å². The van der Waals surface area contributed by atoms with Gasteiger partial charge < -0.3 is 11.1 Å². The van der Waals surface area contributed by atoms with E-state index in [1.54, 1.807) is 0 Å². The molecule has 2 aromatic rings. The first kappa shape index (κ1) is 19.2. The van der Waals surface area contributed by atoms with Gasteiger partial charge in [-0.15, -0.1) is 12.4 Å². The number of nitrogens with two attached hydrogens (primary N) is 1. The van der Waals surface area contributed by atoms with Gasteiger partial charge in [-0.25, -0.2) is 0 Å². The van der Waals surface area contributed by atoms with E-state index in [1.807, 2.05) is 43.3 Å². The van der Waals surface area contributed by atoms with Crippen molar-refractivity contribution in [1.82, 2.24) is 5.32 Å². The zero-order valence-electron chi connectivity index (χ0n) is 13.4. The van der Waals surface area contributed by atoms with Crippen LogP contribution in [-0.2, 0) is 11.2 Å². The first-order chi connectivity index (χ1) is 10.6. The van der Waals surface area contributed by atoms with Gasteiger partial charge in [-0.2, -0.15) is 0 Å². The van der Waals surface area contributed by atoms with E-state index in [0.29, 0.717) is 12.8 Å². The number of carbonyl (C=O) groups excluding carboxylic acids is 1. The molecule has 2 rings (SSSR count). The lowest BCUT2D eigenvalue weighted by Crippen LogP contribution is -2.31. The Kier molecular flexibility index (Phi) is 8.38. The van der Waals surface area contributed by atoms with Gasteiger partial charge in [0.15, 0.2) is 0 Å². The second kappa shape index (κ2) is 10.0. The van der Waals surface area contributed by atoms with Crippen LogP contribution in [0.3, 0.4) is 0 Å². The maximum Gasteiger partial charge on any atom is 0.220 e. The van der Waals surface area contributed by atoms with Crippen molar-refractivity contribution in [1.29, 1.82) is 0 Å². The maximum atomic E-state index is 12.2. The summed E-state index contributed by atoms with van der Waals surface area (Å²) < 4.78 is 0. The van der Waals surface area contributed by atoms with Gasteiger partial charge in [-0.05, 0) is 30.9 Å². The normalized spacial score (nSPS) is 12.8. The van der Waals surface area contributed by atoms with E-state index in [9.17, 15) is 4.79 Å². The lowest BCUT2D eigenvalue weighted by molar-refractivity contribution is -0.122. The van der Waals surface area contributed by atoms with Crippen molar-refractivity contribution in [2.24, 2.45) is 5.73 Å². The number of carbonyl (C=O) groups is 1. The van der Waals surface area contributed by atoms with Crippen molar-refractivity contribution in [2.45, 2.75) is 38.3 Å². The summed E-state index contributed by atoms with van der Waals surface area (Å²) >= 11 is 0. The summed E-state index contributed by atoms with van der Waals surface area (Å²) in [5.41, 5.74) is 8.06. The van der Waals surface area contributed by atoms with Crippen LogP contribution in [0.5, 0.6) is 0 Å². The highest BCUT2D eigenvalue weighted by atomic mass is 35.5. The predicted octanol–water partition coefficient (Wildman–Crippen LogP) is 3.64. The summed E-state index contributed by atoms with van der Waals surface area (Å²) in [5.74, 6) is 0.0575. The summed E-state index contributed by atoms with van der Waals surface area (Å²) in [6, 6.07) is 20.4. The quantitative estimate of drug-likeness (QED) is 0.813. The van der Waals surface area contributed by atoms with Crippen LogP contribution in [0.4, 0.5) is 0 Å². The summed E-state index contributed by atoms with van der Waals surface area (Å²) in [4.78, 5) is 12.2. The van der Waals surface area contributed by atoms with E-state index in [4.69, 9.17) is 5.73 Å². The fourth-order valence-corrected chi connectivity index (χ4v) is 2.41. The molecule has 0 spiro atoms. The zero-order valence-corrected chi connectivity index (χ0v) is 14.3. The third-order valence-electron chi connectivity index (χ3n) is 3.65. The molecule has 4 heteroatoms. The predicted molar refractivity (Wildman–Crippen MR) is 97.6 cm³/mol. The van der Waals surface area contributed by atoms with Crippen molar-refractivity contribution >= 4 is 18.3 Å². The van der Waals surface area contributed by atoms with Crippen molar-refractivity contribution in [3.8, 4) is 0 Å². The van der Waals surface area contributed by atoms with Gasteiger partial charge in [-0.1, -0.05) is 60.7 Å². The van der Waals surface area contributed by atoms with E-state index >= 15 is 0 Å². The van der Waals surface area contributed by atoms with E-state index in [2.05, 4.69) is 29.6 Å². The molecule has 0 fully saturated rings. The number of hydrogen-bond donors (Lipinski definition) is 2. The van der Waals surface area contributed by atoms with Crippen LogP contribution >= 0.6 is 12.4 Å². The molecule has 0 saturated carbocycles. The van der Waals surface area contributed by atoms with Crippen molar-refractivity contribution in [2.75, 3.05) is 0 Å². The molecular weight excluding hydrogens is 308 g/mol. The molecule has 3 N–H and O–H groups in total. The molecular formula is C19H25ClN2O. The van der Waals surface area contributed by atoms with Crippen LogP contribution in [0.25, 0.3) is 0 Å². The number of hydrogen-bond acceptors (Lipinski definition) is 2. The maximum absolute atomic E-state index is 12.2. The largest absolute Gasteiger partial charge is 0.349 e. The molecule has 0 aromatic heterocycles. The molecule has 0 aliphatic heterocycles. The molecule has 1 amide bonds. The Labute approximate surface area is 144 Å². The van der Waals surface area contributed by atoms with Crippen molar-refractivity contribution in [3.05, 3.63) is 71.8 Å². The summed E-state index contributed by atoms with van der Waals surface area (Å²) in [5, 5.41) is 3.14. The van der Waals surface area contributed by atoms with Gasteiger partial charge in [0.25, 0.3) is 0 Å². The van der Waals surface area contributed by atoms with Crippen LogP contribution in [0.15, 0.2) is 60.7 Å². The minimum atomic E-state index is -0.0100. The lowest BCUT2D eigenvalue weighted by Gasteiger charge is -2.20. The zero-order chi connectivity index (χ0) is 15.8. The second-order valence-electron chi connectivity index (χ2n) is 5.74. The summed E-state index contributed by atoms with van der Waals surface area (Å²) in [7, 11) is 0. The van der Waals surface area contributed by atoms with Gasteiger partial charge in [-0.3, -0.25) is 4.79 Å². The number of rotatable bonds is 7. The molecule has 3 nitrogen and oxygen atoms in total. The highest BCUT2D eigenvalue weighted by Crippen LogP contribution is 2.18. The number of halogens is 1. The van der Waals surface area contributed by atoms with Gasteiger partial charge in [0.05, 0.1) is 6.04 Å². The first-order valence-electron chi connectivity index (χ1n) is 7.79. The molecule has 2 aromatic carbocycles. The van der Waals surface area contributed by atoms with Crippen LogP contribution in [0, 0.1) is 0 Å². The number of nitrogens with one attached hydrogen (secondary N) is 1. The Morgan fingerprint density at radius 2 is 1.61 bits per heavy atom. The molecule has 23 heavy (non-hydrogen) atoms. The monoisotopic (exact) mass is 332 g/mol. The fraction of sp³-hybridized carbons (Fsp3) is 0.316. The molecule has 124 valence electrons. The van der Waals surface area contributed by atoms with Crippen LogP contribution in [0.1, 0.15) is 36.9 Å². The molecule has 2 unspecified atom stereocenters. The third kappa shape index (κ3) is 6.85. The third-order valence-corrected chi connectivity index (χ3v) is 3.65. The van der Waals surface area contributed by atoms with Gasteiger partial charge in [0, 0.05) is 12.5 Å². The molecule has 0 saturated heterocycles. The number of benzene rings is 2. The number of amides is 1. The van der Waals surface area contributed by atoms with Crippen molar-refractivity contribution < 1.29 is 4.79 Å². The molecule has 2 atom stereocenters. The minimum absolute atomic E-state index is 0. The van der Waals surface area contributed by atoms with E-state index in [1.165, 1.54) is 5.56 Å². The Bertz CT molecular complexity index is 572. The Morgan fingerprint density at radius 3 is 2.17 bits per heavy atom. The summed E-state index contributed by atoms with van der Waals surface area (Å²) in [6.45, 7) is 1.92. The highest BCUT2D eigenvalue weighted by Gasteiger charge is 2.15. The fourth-order valence-electron chi connectivity index (χ4n) is 2.41. The standard InChI is InChI=1S/C19H24N2O.ClH/c1-15(20)12-13-19(22)21-18(17-10-6-3-7-11-17)14-16-8-4-2-5-9-16;/h2-11,15,18H,12-14,20H2,1H3,(H,21,22);1H. The average Bonchev–Trinajstić information content (AvgIpc) is 2.54. The minimum Gasteiger partial charge on any atom is -0.349 e. The van der Waals surface area contributed by atoms with Crippen LogP contribution < -0.4 is 11.1 Å².